The van der Waals surface area contributed by atoms with Gasteiger partial charge in [0.1, 0.15) is 18.0 Å². The Hall–Kier alpha value is -2.18. The van der Waals surface area contributed by atoms with Gasteiger partial charge in [0.2, 0.25) is 0 Å². The van der Waals surface area contributed by atoms with E-state index in [1.165, 1.54) is 11.2 Å². The van der Waals surface area contributed by atoms with Gasteiger partial charge in [-0.25, -0.2) is 19.7 Å². The van der Waals surface area contributed by atoms with Crippen LogP contribution in [0.3, 0.4) is 0 Å². The van der Waals surface area contributed by atoms with E-state index in [0.717, 1.165) is 19.3 Å². The maximum Gasteiger partial charge on any atom is 0.408 e. The first-order chi connectivity index (χ1) is 8.77. The van der Waals surface area contributed by atoms with Crippen molar-refractivity contribution in [2.45, 2.75) is 25.4 Å². The van der Waals surface area contributed by atoms with Crippen LogP contribution in [0.25, 0.3) is 11.2 Å². The van der Waals surface area contributed by atoms with E-state index in [0.29, 0.717) is 17.7 Å². The van der Waals surface area contributed by atoms with E-state index in [1.807, 2.05) is 4.57 Å². The minimum absolute atomic E-state index is 0.212. The molecule has 3 rings (SSSR count). The van der Waals surface area contributed by atoms with E-state index in [2.05, 4.69) is 15.0 Å². The van der Waals surface area contributed by atoms with E-state index in [9.17, 15) is 9.90 Å². The minimum atomic E-state index is -0.893. The molecule has 0 saturated carbocycles. The van der Waals surface area contributed by atoms with Gasteiger partial charge in [-0.15, -0.1) is 0 Å². The van der Waals surface area contributed by atoms with Crippen LogP contribution in [0.2, 0.25) is 0 Å². The molecule has 1 saturated heterocycles. The number of amides is 1. The number of carboxylic acid groups (broad SMARTS) is 1. The van der Waals surface area contributed by atoms with Gasteiger partial charge < -0.3 is 5.11 Å². The van der Waals surface area contributed by atoms with Crippen LogP contribution in [0.5, 0.6) is 0 Å². The number of likely N-dealkylation sites (tertiary alicyclic amines) is 1. The first-order valence-electron chi connectivity index (χ1n) is 5.89. The zero-order valence-corrected chi connectivity index (χ0v) is 9.73. The van der Waals surface area contributed by atoms with Crippen molar-refractivity contribution in [3.8, 4) is 0 Å². The van der Waals surface area contributed by atoms with Gasteiger partial charge in [0.25, 0.3) is 0 Å². The van der Waals surface area contributed by atoms with Gasteiger partial charge in [-0.1, -0.05) is 0 Å². The van der Waals surface area contributed by atoms with E-state index in [-0.39, 0.29) is 6.17 Å². The Balaban J connectivity index is 2.04. The van der Waals surface area contributed by atoms with Crippen LogP contribution in [0.1, 0.15) is 25.4 Å². The summed E-state index contributed by atoms with van der Waals surface area (Å²) in [6.45, 7) is 0.560. The minimum Gasteiger partial charge on any atom is -0.465 e. The summed E-state index contributed by atoms with van der Waals surface area (Å²) in [5.41, 5.74) is 1.37. The second kappa shape index (κ2) is 4.25. The molecule has 1 fully saturated rings. The van der Waals surface area contributed by atoms with Crippen LogP contribution < -0.4 is 0 Å². The number of aromatic nitrogens is 4. The van der Waals surface area contributed by atoms with Crippen molar-refractivity contribution >= 4 is 17.3 Å². The molecule has 7 heteroatoms. The molecule has 3 heterocycles. The standard InChI is InChI=1S/C11H13N5O2/c17-11(18)15-4-2-1-3-9(15)16-7-14-8-5-12-6-13-10(8)16/h5-7,9H,1-4H2,(H,17,18). The average Bonchev–Trinajstić information content (AvgIpc) is 2.82. The summed E-state index contributed by atoms with van der Waals surface area (Å²) < 4.78 is 1.82. The third-order valence-electron chi connectivity index (χ3n) is 3.28. The van der Waals surface area contributed by atoms with Crippen molar-refractivity contribution in [1.29, 1.82) is 0 Å². The Morgan fingerprint density at radius 1 is 1.39 bits per heavy atom. The number of fused-ring (bicyclic) bond motifs is 1. The second-order valence-electron chi connectivity index (χ2n) is 4.34. The van der Waals surface area contributed by atoms with E-state index < -0.39 is 6.09 Å². The molecule has 0 bridgehead atoms. The van der Waals surface area contributed by atoms with Crippen LogP contribution in [0.4, 0.5) is 4.79 Å². The molecule has 94 valence electrons. The fraction of sp³-hybridized carbons (Fsp3) is 0.455. The molecule has 0 aliphatic carbocycles. The van der Waals surface area contributed by atoms with Crippen molar-refractivity contribution in [3.05, 3.63) is 18.9 Å². The number of imidazole rings is 1. The number of hydrogen-bond donors (Lipinski definition) is 1. The maximum absolute atomic E-state index is 11.3. The van der Waals surface area contributed by atoms with Crippen LogP contribution in [-0.2, 0) is 0 Å². The van der Waals surface area contributed by atoms with Gasteiger partial charge in [-0.2, -0.15) is 0 Å². The third-order valence-corrected chi connectivity index (χ3v) is 3.28. The van der Waals surface area contributed by atoms with Gasteiger partial charge in [-0.05, 0) is 19.3 Å². The first-order valence-corrected chi connectivity index (χ1v) is 5.89. The van der Waals surface area contributed by atoms with Crippen molar-refractivity contribution in [2.75, 3.05) is 6.54 Å². The summed E-state index contributed by atoms with van der Waals surface area (Å²) in [4.78, 5) is 25.0. The highest BCUT2D eigenvalue weighted by molar-refractivity contribution is 5.70. The number of rotatable bonds is 1. The summed E-state index contributed by atoms with van der Waals surface area (Å²) in [6.07, 6.45) is 6.34. The summed E-state index contributed by atoms with van der Waals surface area (Å²) in [6, 6.07) is 0. The normalized spacial score (nSPS) is 20.2. The van der Waals surface area contributed by atoms with Gasteiger partial charge in [0.05, 0.1) is 12.5 Å². The summed E-state index contributed by atoms with van der Waals surface area (Å²) in [7, 11) is 0. The van der Waals surface area contributed by atoms with Crippen LogP contribution in [0, 0.1) is 0 Å². The molecule has 1 unspecified atom stereocenters. The lowest BCUT2D eigenvalue weighted by molar-refractivity contribution is 0.0809. The van der Waals surface area contributed by atoms with Crippen LogP contribution in [0.15, 0.2) is 18.9 Å². The Labute approximate surface area is 103 Å². The smallest absolute Gasteiger partial charge is 0.408 e. The Morgan fingerprint density at radius 2 is 2.28 bits per heavy atom. The zero-order chi connectivity index (χ0) is 12.5. The number of carbonyl (C=O) groups is 1. The van der Waals surface area contributed by atoms with Crippen molar-refractivity contribution in [2.24, 2.45) is 0 Å². The van der Waals surface area contributed by atoms with Gasteiger partial charge in [0.15, 0.2) is 5.65 Å². The number of hydrogen-bond acceptors (Lipinski definition) is 4. The second-order valence-corrected chi connectivity index (χ2v) is 4.34. The Kier molecular flexibility index (Phi) is 2.58. The molecular weight excluding hydrogens is 234 g/mol. The largest absolute Gasteiger partial charge is 0.465 e. The van der Waals surface area contributed by atoms with E-state index in [1.54, 1.807) is 12.5 Å². The lowest BCUT2D eigenvalue weighted by Gasteiger charge is -2.34. The van der Waals surface area contributed by atoms with Crippen LogP contribution in [-0.4, -0.2) is 42.2 Å². The molecule has 1 aliphatic rings. The molecular formula is C11H13N5O2. The van der Waals surface area contributed by atoms with Crippen molar-refractivity contribution in [1.82, 2.24) is 24.4 Å². The van der Waals surface area contributed by atoms with Crippen molar-refractivity contribution in [3.63, 3.8) is 0 Å². The molecule has 1 atom stereocenters. The lowest BCUT2D eigenvalue weighted by Crippen LogP contribution is -2.40. The van der Waals surface area contributed by atoms with E-state index in [4.69, 9.17) is 0 Å². The SMILES string of the molecule is O=C(O)N1CCCCC1n1cnc2cncnc21. The van der Waals surface area contributed by atoms with Crippen molar-refractivity contribution < 1.29 is 9.90 Å². The molecule has 1 aliphatic heterocycles. The zero-order valence-electron chi connectivity index (χ0n) is 9.73. The third kappa shape index (κ3) is 1.68. The molecule has 0 aromatic carbocycles. The quantitative estimate of drug-likeness (QED) is 0.825. The molecule has 18 heavy (non-hydrogen) atoms. The summed E-state index contributed by atoms with van der Waals surface area (Å²) >= 11 is 0. The van der Waals surface area contributed by atoms with Gasteiger partial charge in [-0.3, -0.25) is 9.47 Å². The summed E-state index contributed by atoms with van der Waals surface area (Å²) in [5, 5.41) is 9.24. The maximum atomic E-state index is 11.3. The summed E-state index contributed by atoms with van der Waals surface area (Å²) in [5.74, 6) is 0. The molecule has 7 nitrogen and oxygen atoms in total. The van der Waals surface area contributed by atoms with Crippen LogP contribution >= 0.6 is 0 Å². The molecule has 1 amide bonds. The Morgan fingerprint density at radius 3 is 3.11 bits per heavy atom. The lowest BCUT2D eigenvalue weighted by atomic mass is 10.1. The molecule has 2 aromatic heterocycles. The highest BCUT2D eigenvalue weighted by atomic mass is 16.4. The average molecular weight is 247 g/mol. The van der Waals surface area contributed by atoms with Gasteiger partial charge >= 0.3 is 6.09 Å². The number of piperidine rings is 1. The molecule has 0 radical (unpaired) electrons. The molecule has 0 spiro atoms. The predicted octanol–water partition coefficient (Wildman–Crippen LogP) is 1.49. The van der Waals surface area contributed by atoms with E-state index >= 15 is 0 Å². The number of nitrogens with zero attached hydrogens (tertiary/aromatic N) is 5. The van der Waals surface area contributed by atoms with Gasteiger partial charge in [0, 0.05) is 6.54 Å². The fourth-order valence-corrected chi connectivity index (χ4v) is 2.43. The Bertz CT molecular complexity index is 582. The predicted molar refractivity (Wildman–Crippen MR) is 62.9 cm³/mol. The highest BCUT2D eigenvalue weighted by Crippen LogP contribution is 2.28. The topological polar surface area (TPSA) is 84.1 Å². The fourth-order valence-electron chi connectivity index (χ4n) is 2.43. The monoisotopic (exact) mass is 247 g/mol. The molecule has 2 aromatic rings. The molecule has 1 N–H and O–H groups in total. The first kappa shape index (κ1) is 10.9. The highest BCUT2D eigenvalue weighted by Gasteiger charge is 2.28.